The minimum Gasteiger partial charge on any atom is -0.396 e. The van der Waals surface area contributed by atoms with Gasteiger partial charge in [0.15, 0.2) is 0 Å². The maximum atomic E-state index is 14.3. The predicted molar refractivity (Wildman–Crippen MR) is 61.1 cm³/mol. The Bertz CT molecular complexity index is 575. The molecule has 1 heterocycles. The molecule has 0 amide bonds. The third-order valence-corrected chi connectivity index (χ3v) is 3.66. The van der Waals surface area contributed by atoms with Crippen molar-refractivity contribution in [2.24, 2.45) is 5.41 Å². The summed E-state index contributed by atoms with van der Waals surface area (Å²) in [6.07, 6.45) is 1.28. The molecule has 1 aliphatic rings. The van der Waals surface area contributed by atoms with E-state index in [1.807, 2.05) is 0 Å². The zero-order valence-corrected chi connectivity index (χ0v) is 9.94. The number of aromatic nitrogens is 2. The van der Waals surface area contributed by atoms with Gasteiger partial charge in [-0.2, -0.15) is 0 Å². The van der Waals surface area contributed by atoms with Crippen molar-refractivity contribution in [2.75, 3.05) is 13.2 Å². The second-order valence-corrected chi connectivity index (χ2v) is 4.94. The molecule has 1 unspecified atom stereocenters. The van der Waals surface area contributed by atoms with Crippen LogP contribution in [0.15, 0.2) is 15.8 Å². The Kier molecular flexibility index (Phi) is 2.90. The molecule has 0 bridgehead atoms. The number of hydrogen-bond acceptors (Lipinski definition) is 4. The van der Waals surface area contributed by atoms with Crippen LogP contribution in [0.2, 0.25) is 0 Å². The van der Waals surface area contributed by atoms with Crippen LogP contribution < -0.4 is 11.2 Å². The molecule has 18 heavy (non-hydrogen) atoms. The lowest BCUT2D eigenvalue weighted by Crippen LogP contribution is -2.36. The van der Waals surface area contributed by atoms with E-state index in [0.29, 0.717) is 5.56 Å². The van der Waals surface area contributed by atoms with Crippen molar-refractivity contribution in [1.82, 2.24) is 9.55 Å². The predicted octanol–water partition coefficient (Wildman–Crippen LogP) is -1.07. The zero-order chi connectivity index (χ0) is 13.6. The second-order valence-electron chi connectivity index (χ2n) is 4.94. The van der Waals surface area contributed by atoms with Crippen LogP contribution in [0.3, 0.4) is 0 Å². The number of aryl methyl sites for hydroxylation is 1. The highest BCUT2D eigenvalue weighted by Crippen LogP contribution is 2.59. The lowest BCUT2D eigenvalue weighted by Gasteiger charge is -2.16. The summed E-state index contributed by atoms with van der Waals surface area (Å²) in [6, 6.07) is 0. The molecule has 0 aromatic carbocycles. The lowest BCUT2D eigenvalue weighted by molar-refractivity contribution is 0.0722. The summed E-state index contributed by atoms with van der Waals surface area (Å²) in [7, 11) is 0. The summed E-state index contributed by atoms with van der Waals surface area (Å²) in [5.74, 6) is 0. The number of nitrogens with zero attached hydrogens (tertiary/aromatic N) is 1. The Morgan fingerprint density at radius 3 is 2.56 bits per heavy atom. The van der Waals surface area contributed by atoms with Crippen molar-refractivity contribution in [1.29, 1.82) is 0 Å². The molecule has 0 radical (unpaired) electrons. The molecule has 0 spiro atoms. The van der Waals surface area contributed by atoms with Crippen molar-refractivity contribution in [3.05, 3.63) is 32.6 Å². The summed E-state index contributed by atoms with van der Waals surface area (Å²) in [5, 5.41) is 18.2. The molecule has 1 saturated carbocycles. The van der Waals surface area contributed by atoms with Crippen LogP contribution in [-0.4, -0.2) is 38.6 Å². The van der Waals surface area contributed by atoms with E-state index in [0.717, 1.165) is 4.57 Å². The Morgan fingerprint density at radius 1 is 1.44 bits per heavy atom. The average molecular weight is 258 g/mol. The van der Waals surface area contributed by atoms with Crippen molar-refractivity contribution >= 4 is 0 Å². The molecule has 1 aromatic heterocycles. The Labute approximate surface area is 102 Å². The van der Waals surface area contributed by atoms with Crippen LogP contribution in [0.5, 0.6) is 0 Å². The maximum absolute atomic E-state index is 14.3. The first-order valence-corrected chi connectivity index (χ1v) is 5.58. The largest absolute Gasteiger partial charge is 0.396 e. The van der Waals surface area contributed by atoms with E-state index in [1.54, 1.807) is 0 Å². The van der Waals surface area contributed by atoms with Gasteiger partial charge in [-0.1, -0.05) is 0 Å². The number of rotatable bonds is 4. The van der Waals surface area contributed by atoms with E-state index in [4.69, 9.17) is 10.2 Å². The Hall–Kier alpha value is -1.47. The van der Waals surface area contributed by atoms with Crippen LogP contribution in [0.25, 0.3) is 0 Å². The summed E-state index contributed by atoms with van der Waals surface area (Å²) in [4.78, 5) is 24.8. The topological polar surface area (TPSA) is 95.3 Å². The average Bonchev–Trinajstić information content (AvgIpc) is 2.92. The molecule has 0 saturated heterocycles. The van der Waals surface area contributed by atoms with Gasteiger partial charge in [0.05, 0.1) is 25.2 Å². The zero-order valence-electron chi connectivity index (χ0n) is 9.94. The normalized spacial score (nSPS) is 25.1. The highest BCUT2D eigenvalue weighted by atomic mass is 19.1. The number of H-pyrrole nitrogens is 1. The first kappa shape index (κ1) is 13.0. The molecular formula is C11H15FN2O4. The quantitative estimate of drug-likeness (QED) is 0.640. The van der Waals surface area contributed by atoms with Gasteiger partial charge in [0.1, 0.15) is 5.67 Å². The number of alkyl halides is 1. The highest BCUT2D eigenvalue weighted by molar-refractivity contribution is 5.16. The molecule has 1 atom stereocenters. The molecular weight excluding hydrogens is 243 g/mol. The van der Waals surface area contributed by atoms with Crippen LogP contribution in [0.4, 0.5) is 4.39 Å². The van der Waals surface area contributed by atoms with Gasteiger partial charge in [0.25, 0.3) is 5.56 Å². The van der Waals surface area contributed by atoms with Crippen LogP contribution >= 0.6 is 0 Å². The third-order valence-electron chi connectivity index (χ3n) is 3.66. The second kappa shape index (κ2) is 4.03. The van der Waals surface area contributed by atoms with Crippen molar-refractivity contribution in [2.45, 2.75) is 25.6 Å². The number of aliphatic hydroxyl groups is 2. The fourth-order valence-corrected chi connectivity index (χ4v) is 2.17. The number of hydrogen-bond donors (Lipinski definition) is 3. The minimum atomic E-state index is -1.81. The standard InChI is InChI=1S/C11H15FN2O4/c1-7-2-14(9(18)13-8(7)17)4-11(12)3-10(11,5-15)6-16/h2,15-16H,3-6H2,1H3,(H,13,17,18). The summed E-state index contributed by atoms with van der Waals surface area (Å²) < 4.78 is 15.4. The molecule has 3 N–H and O–H groups in total. The fourth-order valence-electron chi connectivity index (χ4n) is 2.17. The van der Waals surface area contributed by atoms with E-state index < -0.39 is 35.5 Å². The maximum Gasteiger partial charge on any atom is 0.328 e. The number of aliphatic hydroxyl groups excluding tert-OH is 2. The number of halogens is 1. The highest BCUT2D eigenvalue weighted by Gasteiger charge is 2.68. The van der Waals surface area contributed by atoms with Gasteiger partial charge >= 0.3 is 5.69 Å². The first-order valence-electron chi connectivity index (χ1n) is 5.58. The van der Waals surface area contributed by atoms with Gasteiger partial charge < -0.3 is 10.2 Å². The molecule has 6 nitrogen and oxygen atoms in total. The molecule has 2 rings (SSSR count). The van der Waals surface area contributed by atoms with Crippen LogP contribution in [0.1, 0.15) is 12.0 Å². The summed E-state index contributed by atoms with van der Waals surface area (Å²) in [6.45, 7) is 0.274. The lowest BCUT2D eigenvalue weighted by atomic mass is 10.1. The third kappa shape index (κ3) is 1.79. The molecule has 0 aliphatic heterocycles. The van der Waals surface area contributed by atoms with E-state index >= 15 is 0 Å². The number of nitrogens with one attached hydrogen (secondary N) is 1. The van der Waals surface area contributed by atoms with E-state index in [2.05, 4.69) is 4.98 Å². The fraction of sp³-hybridized carbons (Fsp3) is 0.636. The number of aromatic amines is 1. The molecule has 1 fully saturated rings. The van der Waals surface area contributed by atoms with Gasteiger partial charge in [-0.25, -0.2) is 9.18 Å². The first-order chi connectivity index (χ1) is 8.37. The summed E-state index contributed by atoms with van der Waals surface area (Å²) >= 11 is 0. The molecule has 100 valence electrons. The van der Waals surface area contributed by atoms with E-state index in [1.165, 1.54) is 13.1 Å². The van der Waals surface area contributed by atoms with E-state index in [9.17, 15) is 14.0 Å². The van der Waals surface area contributed by atoms with Crippen LogP contribution in [-0.2, 0) is 6.54 Å². The molecule has 7 heteroatoms. The van der Waals surface area contributed by atoms with E-state index in [-0.39, 0.29) is 13.0 Å². The smallest absolute Gasteiger partial charge is 0.328 e. The van der Waals surface area contributed by atoms with Crippen molar-refractivity contribution in [3.63, 3.8) is 0 Å². The Balaban J connectivity index is 2.30. The van der Waals surface area contributed by atoms with Crippen molar-refractivity contribution in [3.8, 4) is 0 Å². The minimum absolute atomic E-state index is 0.00237. The van der Waals surface area contributed by atoms with Crippen molar-refractivity contribution < 1.29 is 14.6 Å². The molecule has 1 aromatic rings. The monoisotopic (exact) mass is 258 g/mol. The molecule has 1 aliphatic carbocycles. The summed E-state index contributed by atoms with van der Waals surface area (Å²) in [5.41, 5.74) is -3.89. The van der Waals surface area contributed by atoms with Gasteiger partial charge in [-0.15, -0.1) is 0 Å². The van der Waals surface area contributed by atoms with Gasteiger partial charge in [0.2, 0.25) is 0 Å². The Morgan fingerprint density at radius 2 is 2.06 bits per heavy atom. The van der Waals surface area contributed by atoms with Crippen LogP contribution in [0, 0.1) is 12.3 Å². The van der Waals surface area contributed by atoms with Gasteiger partial charge in [-0.05, 0) is 13.3 Å². The van der Waals surface area contributed by atoms with Gasteiger partial charge in [0, 0.05) is 11.8 Å². The SMILES string of the molecule is Cc1cn(CC2(F)CC2(CO)CO)c(=O)[nH]c1=O. The van der Waals surface area contributed by atoms with Gasteiger partial charge in [-0.3, -0.25) is 14.3 Å².